The quantitative estimate of drug-likeness (QED) is 0.453. The molecule has 1 amide bonds. The first-order valence-corrected chi connectivity index (χ1v) is 10.9. The number of para-hydroxylation sites is 2. The molecule has 0 unspecified atom stereocenters. The second-order valence-electron chi connectivity index (χ2n) is 8.12. The number of nitrogen functional groups attached to an aromatic ring is 1. The Labute approximate surface area is 190 Å². The van der Waals surface area contributed by atoms with Gasteiger partial charge in [0.15, 0.2) is 0 Å². The van der Waals surface area contributed by atoms with Gasteiger partial charge in [0.1, 0.15) is 12.6 Å². The largest absolute Gasteiger partial charge is 0.471 e. The molecule has 0 radical (unpaired) electrons. The molecule has 0 spiro atoms. The van der Waals surface area contributed by atoms with Crippen LogP contribution in [0.25, 0.3) is 0 Å². The van der Waals surface area contributed by atoms with Gasteiger partial charge in [-0.3, -0.25) is 4.79 Å². The van der Waals surface area contributed by atoms with Gasteiger partial charge in [-0.2, -0.15) is 13.2 Å². The summed E-state index contributed by atoms with van der Waals surface area (Å²) in [6.45, 7) is -0.302. The number of amides is 1. The zero-order chi connectivity index (χ0) is 23.8. The SMILES string of the molecule is Nc1ccccc1N(C[C@@H](NC(=O)C(F)(F)F)C(=O)OCc1ccccc1)C1CCCCC1. The van der Waals surface area contributed by atoms with Gasteiger partial charge < -0.3 is 20.7 Å². The van der Waals surface area contributed by atoms with Crippen LogP contribution in [-0.4, -0.2) is 36.7 Å². The van der Waals surface area contributed by atoms with Gasteiger partial charge in [0.25, 0.3) is 0 Å². The molecule has 1 aliphatic carbocycles. The molecular formula is C24H28F3N3O3. The Morgan fingerprint density at radius 1 is 1.03 bits per heavy atom. The molecule has 0 aromatic heterocycles. The van der Waals surface area contributed by atoms with E-state index in [9.17, 15) is 22.8 Å². The summed E-state index contributed by atoms with van der Waals surface area (Å²) in [6.07, 6.45) is -0.500. The number of carbonyl (C=O) groups is 2. The van der Waals surface area contributed by atoms with Crippen molar-refractivity contribution in [1.82, 2.24) is 5.32 Å². The zero-order valence-corrected chi connectivity index (χ0v) is 18.2. The maximum absolute atomic E-state index is 13.0. The summed E-state index contributed by atoms with van der Waals surface area (Å²) in [7, 11) is 0. The Bertz CT molecular complexity index is 931. The molecule has 1 fully saturated rings. The molecule has 9 heteroatoms. The summed E-state index contributed by atoms with van der Waals surface area (Å²) in [5.41, 5.74) is 7.91. The number of ether oxygens (including phenoxy) is 1. The highest BCUT2D eigenvalue weighted by Crippen LogP contribution is 2.31. The van der Waals surface area contributed by atoms with Crippen molar-refractivity contribution < 1.29 is 27.5 Å². The van der Waals surface area contributed by atoms with Crippen LogP contribution in [-0.2, 0) is 20.9 Å². The molecule has 2 aromatic carbocycles. The smallest absolute Gasteiger partial charge is 0.459 e. The molecule has 33 heavy (non-hydrogen) atoms. The predicted octanol–water partition coefficient (Wildman–Crippen LogP) is 4.20. The second-order valence-corrected chi connectivity index (χ2v) is 8.12. The number of nitrogens with zero attached hydrogens (tertiary/aromatic N) is 1. The first-order chi connectivity index (χ1) is 15.8. The lowest BCUT2D eigenvalue weighted by Gasteiger charge is -2.38. The Morgan fingerprint density at radius 2 is 1.67 bits per heavy atom. The molecular weight excluding hydrogens is 435 g/mol. The van der Waals surface area contributed by atoms with Gasteiger partial charge in [0.2, 0.25) is 0 Å². The van der Waals surface area contributed by atoms with Crippen LogP contribution in [0, 0.1) is 0 Å². The number of hydrogen-bond acceptors (Lipinski definition) is 5. The number of halogens is 3. The lowest BCUT2D eigenvalue weighted by Crippen LogP contribution is -2.54. The lowest BCUT2D eigenvalue weighted by molar-refractivity contribution is -0.175. The summed E-state index contributed by atoms with van der Waals surface area (Å²) in [5.74, 6) is -3.12. The van der Waals surface area contributed by atoms with Gasteiger partial charge in [0, 0.05) is 12.6 Å². The summed E-state index contributed by atoms with van der Waals surface area (Å²) in [4.78, 5) is 26.4. The van der Waals surface area contributed by atoms with Gasteiger partial charge >= 0.3 is 18.1 Å². The number of carbonyl (C=O) groups excluding carboxylic acids is 2. The van der Waals surface area contributed by atoms with E-state index in [0.29, 0.717) is 16.9 Å². The third-order valence-electron chi connectivity index (χ3n) is 5.71. The molecule has 1 atom stereocenters. The molecule has 1 saturated carbocycles. The average Bonchev–Trinajstić information content (AvgIpc) is 2.81. The first-order valence-electron chi connectivity index (χ1n) is 10.9. The van der Waals surface area contributed by atoms with E-state index in [0.717, 1.165) is 32.1 Å². The minimum Gasteiger partial charge on any atom is -0.459 e. The van der Waals surface area contributed by atoms with Crippen LogP contribution < -0.4 is 16.0 Å². The standard InChI is InChI=1S/C24H28F3N3O3/c25-24(26,27)23(32)29-20(22(31)33-16-17-9-3-1-4-10-17)15-30(18-11-5-2-6-12-18)21-14-8-7-13-19(21)28/h1,3-4,7-10,13-14,18,20H,2,5-6,11-12,15-16,28H2,(H,29,32)/t20-/m1/s1. The van der Waals surface area contributed by atoms with E-state index < -0.39 is 24.1 Å². The third-order valence-corrected chi connectivity index (χ3v) is 5.71. The number of anilines is 2. The van der Waals surface area contributed by atoms with Crippen molar-refractivity contribution in [3.05, 3.63) is 60.2 Å². The van der Waals surface area contributed by atoms with E-state index in [1.54, 1.807) is 54.6 Å². The van der Waals surface area contributed by atoms with E-state index in [1.165, 1.54) is 0 Å². The number of rotatable bonds is 8. The fourth-order valence-electron chi connectivity index (χ4n) is 4.03. The van der Waals surface area contributed by atoms with Gasteiger partial charge in [-0.25, -0.2) is 4.79 Å². The van der Waals surface area contributed by atoms with E-state index >= 15 is 0 Å². The van der Waals surface area contributed by atoms with Gasteiger partial charge in [-0.1, -0.05) is 61.7 Å². The number of nitrogens with two attached hydrogens (primary N) is 1. The molecule has 0 aliphatic heterocycles. The van der Waals surface area contributed by atoms with E-state index in [1.807, 2.05) is 10.2 Å². The molecule has 1 aliphatic rings. The second kappa shape index (κ2) is 11.1. The maximum atomic E-state index is 13.0. The van der Waals surface area contributed by atoms with Crippen LogP contribution in [0.15, 0.2) is 54.6 Å². The summed E-state index contributed by atoms with van der Waals surface area (Å²) >= 11 is 0. The van der Waals surface area contributed by atoms with E-state index in [2.05, 4.69) is 0 Å². The summed E-state index contributed by atoms with van der Waals surface area (Å²) < 4.78 is 44.3. The van der Waals surface area contributed by atoms with Crippen molar-refractivity contribution in [1.29, 1.82) is 0 Å². The Kier molecular flexibility index (Phi) is 8.19. The fraction of sp³-hybridized carbons (Fsp3) is 0.417. The predicted molar refractivity (Wildman–Crippen MR) is 119 cm³/mol. The highest BCUT2D eigenvalue weighted by Gasteiger charge is 2.42. The number of hydrogen-bond donors (Lipinski definition) is 2. The first kappa shape index (κ1) is 24.4. The number of nitrogens with one attached hydrogen (secondary N) is 1. The van der Waals surface area contributed by atoms with Gasteiger partial charge in [-0.05, 0) is 30.5 Å². The minimum atomic E-state index is -5.13. The van der Waals surface area contributed by atoms with Crippen molar-refractivity contribution in [2.45, 2.75) is 57.0 Å². The number of alkyl halides is 3. The van der Waals surface area contributed by atoms with Crippen LogP contribution in [0.3, 0.4) is 0 Å². The zero-order valence-electron chi connectivity index (χ0n) is 18.2. The van der Waals surface area contributed by atoms with Crippen LogP contribution in [0.2, 0.25) is 0 Å². The Balaban J connectivity index is 1.84. The highest BCUT2D eigenvalue weighted by molar-refractivity contribution is 5.88. The van der Waals surface area contributed by atoms with Crippen molar-refractivity contribution in [3.8, 4) is 0 Å². The summed E-state index contributed by atoms with van der Waals surface area (Å²) in [5, 5.41) is 1.83. The van der Waals surface area contributed by atoms with E-state index in [-0.39, 0.29) is 19.2 Å². The average molecular weight is 464 g/mol. The molecule has 6 nitrogen and oxygen atoms in total. The molecule has 3 rings (SSSR count). The van der Waals surface area contributed by atoms with Crippen molar-refractivity contribution in [2.75, 3.05) is 17.2 Å². The molecule has 3 N–H and O–H groups in total. The molecule has 0 saturated heterocycles. The monoisotopic (exact) mass is 463 g/mol. The lowest BCUT2D eigenvalue weighted by atomic mass is 9.93. The fourth-order valence-corrected chi connectivity index (χ4v) is 4.03. The molecule has 0 heterocycles. The third kappa shape index (κ3) is 6.87. The van der Waals surface area contributed by atoms with Gasteiger partial charge in [0.05, 0.1) is 11.4 Å². The van der Waals surface area contributed by atoms with E-state index in [4.69, 9.17) is 10.5 Å². The van der Waals surface area contributed by atoms with Crippen LogP contribution in [0.1, 0.15) is 37.7 Å². The molecule has 2 aromatic rings. The van der Waals surface area contributed by atoms with Crippen molar-refractivity contribution >= 4 is 23.3 Å². The van der Waals surface area contributed by atoms with Gasteiger partial charge in [-0.15, -0.1) is 0 Å². The van der Waals surface area contributed by atoms with Crippen LogP contribution in [0.5, 0.6) is 0 Å². The van der Waals surface area contributed by atoms with Crippen LogP contribution >= 0.6 is 0 Å². The molecule has 0 bridgehead atoms. The van der Waals surface area contributed by atoms with Crippen molar-refractivity contribution in [3.63, 3.8) is 0 Å². The maximum Gasteiger partial charge on any atom is 0.471 e. The minimum absolute atomic E-state index is 0.0179. The Morgan fingerprint density at radius 3 is 2.30 bits per heavy atom. The number of benzene rings is 2. The Hall–Kier alpha value is -3.23. The molecule has 178 valence electrons. The highest BCUT2D eigenvalue weighted by atomic mass is 19.4. The number of esters is 1. The normalized spacial score (nSPS) is 15.5. The summed E-state index contributed by atoms with van der Waals surface area (Å²) in [6, 6.07) is 14.2. The van der Waals surface area contributed by atoms with Crippen molar-refractivity contribution in [2.24, 2.45) is 0 Å². The topological polar surface area (TPSA) is 84.7 Å². The van der Waals surface area contributed by atoms with Crippen LogP contribution in [0.4, 0.5) is 24.5 Å².